The smallest absolute Gasteiger partial charge is 0.326 e. The third-order valence-corrected chi connectivity index (χ3v) is 4.82. The van der Waals surface area contributed by atoms with E-state index in [1.807, 2.05) is 44.2 Å². The molecule has 1 atom stereocenters. The monoisotopic (exact) mass is 412 g/mol. The topological polar surface area (TPSA) is 99.0 Å². The number of aryl methyl sites for hydroxylation is 1. The number of anilines is 1. The van der Waals surface area contributed by atoms with Crippen molar-refractivity contribution in [2.24, 2.45) is 5.92 Å². The second-order valence-electron chi connectivity index (χ2n) is 7.43. The molecule has 1 unspecified atom stereocenters. The first-order valence-electron chi connectivity index (χ1n) is 9.83. The maximum atomic E-state index is 12.9. The first-order valence-corrected chi connectivity index (χ1v) is 9.83. The van der Waals surface area contributed by atoms with Gasteiger partial charge in [-0.05, 0) is 30.4 Å². The third kappa shape index (κ3) is 4.94. The maximum Gasteiger partial charge on any atom is 0.326 e. The van der Waals surface area contributed by atoms with Crippen molar-refractivity contribution in [2.45, 2.75) is 32.8 Å². The molecule has 30 heavy (non-hydrogen) atoms. The summed E-state index contributed by atoms with van der Waals surface area (Å²) < 4.78 is 11.0. The van der Waals surface area contributed by atoms with E-state index in [1.165, 1.54) is 23.1 Å². The molecule has 1 heterocycles. The van der Waals surface area contributed by atoms with Crippen LogP contribution in [0.4, 0.5) is 11.4 Å². The lowest BCUT2D eigenvalue weighted by Crippen LogP contribution is -2.50. The lowest BCUT2D eigenvalue weighted by atomic mass is 10.0. The maximum absolute atomic E-state index is 12.9. The predicted molar refractivity (Wildman–Crippen MR) is 110 cm³/mol. The van der Waals surface area contributed by atoms with Crippen molar-refractivity contribution >= 4 is 23.3 Å². The van der Waals surface area contributed by atoms with Crippen molar-refractivity contribution in [3.63, 3.8) is 0 Å². The molecule has 1 amide bonds. The number of esters is 1. The Morgan fingerprint density at radius 2 is 1.97 bits per heavy atom. The zero-order valence-corrected chi connectivity index (χ0v) is 16.9. The molecule has 3 rings (SSSR count). The quantitative estimate of drug-likeness (QED) is 0.285. The van der Waals surface area contributed by atoms with Gasteiger partial charge in [0, 0.05) is 12.1 Å². The molecule has 1 aliphatic rings. The fraction of sp³-hybridized carbons (Fsp3) is 0.364. The van der Waals surface area contributed by atoms with Gasteiger partial charge >= 0.3 is 5.97 Å². The van der Waals surface area contributed by atoms with Gasteiger partial charge in [-0.1, -0.05) is 44.2 Å². The van der Waals surface area contributed by atoms with Crippen molar-refractivity contribution in [2.75, 3.05) is 18.1 Å². The van der Waals surface area contributed by atoms with Crippen LogP contribution in [0.5, 0.6) is 5.75 Å². The van der Waals surface area contributed by atoms with Gasteiger partial charge in [0.2, 0.25) is 0 Å². The molecule has 2 aromatic carbocycles. The molecular weight excluding hydrogens is 388 g/mol. The Morgan fingerprint density at radius 3 is 2.63 bits per heavy atom. The first-order chi connectivity index (χ1) is 14.4. The molecule has 0 bridgehead atoms. The van der Waals surface area contributed by atoms with Crippen LogP contribution in [0.3, 0.4) is 0 Å². The number of rotatable bonds is 8. The zero-order chi connectivity index (χ0) is 21.7. The van der Waals surface area contributed by atoms with Crippen LogP contribution < -0.4 is 9.64 Å². The summed E-state index contributed by atoms with van der Waals surface area (Å²) in [4.78, 5) is 37.1. The molecule has 0 N–H and O–H groups in total. The Hall–Kier alpha value is -3.42. The zero-order valence-electron chi connectivity index (χ0n) is 16.9. The second-order valence-corrected chi connectivity index (χ2v) is 7.43. The number of ether oxygens (including phenoxy) is 2. The van der Waals surface area contributed by atoms with Crippen LogP contribution in [0.2, 0.25) is 0 Å². The average molecular weight is 412 g/mol. The molecule has 8 nitrogen and oxygen atoms in total. The molecular formula is C22H24N2O6. The summed E-state index contributed by atoms with van der Waals surface area (Å²) in [5.74, 6) is -0.793. The minimum Gasteiger partial charge on any atom is -0.478 e. The highest BCUT2D eigenvalue weighted by atomic mass is 16.6. The van der Waals surface area contributed by atoms with E-state index in [1.54, 1.807) is 0 Å². The van der Waals surface area contributed by atoms with E-state index in [9.17, 15) is 19.7 Å². The van der Waals surface area contributed by atoms with Gasteiger partial charge in [-0.3, -0.25) is 24.6 Å². The summed E-state index contributed by atoms with van der Waals surface area (Å²) in [6, 6.07) is 13.9. The van der Waals surface area contributed by atoms with Crippen molar-refractivity contribution in [3.05, 3.63) is 64.2 Å². The molecule has 0 radical (unpaired) electrons. The fourth-order valence-electron chi connectivity index (χ4n) is 3.26. The fourth-order valence-corrected chi connectivity index (χ4v) is 3.26. The highest BCUT2D eigenvalue weighted by Crippen LogP contribution is 2.38. The van der Waals surface area contributed by atoms with Crippen molar-refractivity contribution in [1.29, 1.82) is 0 Å². The molecule has 0 fully saturated rings. The number of carbonyl (C=O) groups is 2. The summed E-state index contributed by atoms with van der Waals surface area (Å²) in [6.07, 6.45) is 0.656. The van der Waals surface area contributed by atoms with Crippen LogP contribution in [0.25, 0.3) is 0 Å². The van der Waals surface area contributed by atoms with Gasteiger partial charge in [0.1, 0.15) is 12.3 Å². The number of carbonyl (C=O) groups excluding carboxylic acids is 2. The summed E-state index contributed by atoms with van der Waals surface area (Å²) in [5.41, 5.74) is 1.17. The van der Waals surface area contributed by atoms with E-state index < -0.39 is 22.9 Å². The van der Waals surface area contributed by atoms with E-state index in [0.29, 0.717) is 12.2 Å². The lowest BCUT2D eigenvalue weighted by Gasteiger charge is -2.35. The van der Waals surface area contributed by atoms with Crippen LogP contribution >= 0.6 is 0 Å². The number of amides is 1. The van der Waals surface area contributed by atoms with Crippen LogP contribution in [0.1, 0.15) is 25.8 Å². The minimum atomic E-state index is -0.773. The summed E-state index contributed by atoms with van der Waals surface area (Å²) in [6.45, 7) is 3.56. The lowest BCUT2D eigenvalue weighted by molar-refractivity contribution is -0.384. The van der Waals surface area contributed by atoms with E-state index in [-0.39, 0.29) is 30.4 Å². The number of hydrogen-bond acceptors (Lipinski definition) is 6. The Labute approximate surface area is 174 Å². The molecule has 0 aromatic heterocycles. The molecule has 8 heteroatoms. The Morgan fingerprint density at radius 1 is 1.23 bits per heavy atom. The van der Waals surface area contributed by atoms with Crippen molar-refractivity contribution in [1.82, 2.24) is 0 Å². The molecule has 0 spiro atoms. The number of benzene rings is 2. The van der Waals surface area contributed by atoms with Gasteiger partial charge in [0.25, 0.3) is 11.6 Å². The normalized spacial score (nSPS) is 15.5. The van der Waals surface area contributed by atoms with E-state index in [2.05, 4.69) is 0 Å². The van der Waals surface area contributed by atoms with Gasteiger partial charge in [-0.2, -0.15) is 0 Å². The average Bonchev–Trinajstić information content (AvgIpc) is 2.73. The highest BCUT2D eigenvalue weighted by Gasteiger charge is 2.38. The molecule has 1 aliphatic heterocycles. The number of nitro benzene ring substituents is 1. The van der Waals surface area contributed by atoms with E-state index >= 15 is 0 Å². The standard InChI is InChI=1S/C22H24N2O6/c1-15(2)21-22(26)23(18-13-17(24(27)28)10-11-19(18)30-21)14-20(25)29-12-6-9-16-7-4-3-5-8-16/h3-5,7-8,10-11,13,15,21H,6,9,12,14H2,1-2H3. The van der Waals surface area contributed by atoms with Crippen LogP contribution in [-0.4, -0.2) is 36.1 Å². The largest absolute Gasteiger partial charge is 0.478 e. The number of nitro groups is 1. The van der Waals surface area contributed by atoms with Crippen LogP contribution in [0.15, 0.2) is 48.5 Å². The predicted octanol–water partition coefficient (Wildman–Crippen LogP) is 3.52. The Bertz CT molecular complexity index is 928. The minimum absolute atomic E-state index is 0.134. The molecule has 2 aromatic rings. The van der Waals surface area contributed by atoms with Gasteiger partial charge in [-0.25, -0.2) is 0 Å². The molecule has 158 valence electrons. The van der Waals surface area contributed by atoms with Gasteiger partial charge in [-0.15, -0.1) is 0 Å². The van der Waals surface area contributed by atoms with Crippen LogP contribution in [0, 0.1) is 16.0 Å². The van der Waals surface area contributed by atoms with E-state index in [0.717, 1.165) is 12.0 Å². The second kappa shape index (κ2) is 9.39. The van der Waals surface area contributed by atoms with Crippen molar-refractivity contribution < 1.29 is 24.0 Å². The molecule has 0 saturated heterocycles. The van der Waals surface area contributed by atoms with Gasteiger partial charge in [0.05, 0.1) is 17.2 Å². The Balaban J connectivity index is 1.68. The summed E-state index contributed by atoms with van der Waals surface area (Å²) in [5, 5.41) is 11.1. The number of non-ortho nitro benzene ring substituents is 1. The highest BCUT2D eigenvalue weighted by molar-refractivity contribution is 6.03. The number of hydrogen-bond donors (Lipinski definition) is 0. The summed E-state index contributed by atoms with van der Waals surface area (Å²) >= 11 is 0. The van der Waals surface area contributed by atoms with E-state index in [4.69, 9.17) is 9.47 Å². The third-order valence-electron chi connectivity index (χ3n) is 4.82. The van der Waals surface area contributed by atoms with Gasteiger partial charge < -0.3 is 9.47 Å². The van der Waals surface area contributed by atoms with Crippen LogP contribution in [-0.2, 0) is 20.7 Å². The van der Waals surface area contributed by atoms with Gasteiger partial charge in [0.15, 0.2) is 6.10 Å². The van der Waals surface area contributed by atoms with Crippen molar-refractivity contribution in [3.8, 4) is 5.75 Å². The Kier molecular flexibility index (Phi) is 6.66. The summed E-state index contributed by atoms with van der Waals surface area (Å²) in [7, 11) is 0. The number of fused-ring (bicyclic) bond motifs is 1. The molecule has 0 aliphatic carbocycles. The molecule has 0 saturated carbocycles. The number of nitrogens with zero attached hydrogens (tertiary/aromatic N) is 2. The SMILES string of the molecule is CC(C)C1Oc2ccc([N+](=O)[O-])cc2N(CC(=O)OCCCc2ccccc2)C1=O. The first kappa shape index (κ1) is 21.3.